The van der Waals surface area contributed by atoms with E-state index >= 15 is 0 Å². The van der Waals surface area contributed by atoms with E-state index in [-0.39, 0.29) is 25.1 Å². The first-order chi connectivity index (χ1) is 8.43. The van der Waals surface area contributed by atoms with Crippen LogP contribution in [-0.2, 0) is 26.1 Å². The summed E-state index contributed by atoms with van der Waals surface area (Å²) in [4.78, 5) is 14.7. The number of oxazole rings is 1. The summed E-state index contributed by atoms with van der Waals surface area (Å²) >= 11 is 0. The van der Waals surface area contributed by atoms with Crippen molar-refractivity contribution in [3.05, 3.63) is 17.8 Å². The van der Waals surface area contributed by atoms with Crippen molar-refractivity contribution in [3.63, 3.8) is 0 Å². The Kier molecular flexibility index (Phi) is 5.29. The minimum Gasteiger partial charge on any atom is -0.469 e. The van der Waals surface area contributed by atoms with Crippen LogP contribution in [-0.4, -0.2) is 32.2 Å². The molecule has 0 aromatic carbocycles. The van der Waals surface area contributed by atoms with Crippen LogP contribution in [0.1, 0.15) is 24.5 Å². The van der Waals surface area contributed by atoms with E-state index in [9.17, 15) is 13.2 Å². The molecule has 0 saturated carbocycles. The zero-order valence-corrected chi connectivity index (χ0v) is 11.1. The van der Waals surface area contributed by atoms with Crippen molar-refractivity contribution < 1.29 is 22.4 Å². The molecule has 0 atom stereocenters. The van der Waals surface area contributed by atoms with E-state index in [1.165, 1.54) is 13.3 Å². The zero-order chi connectivity index (χ0) is 13.6. The molecule has 8 heteroatoms. The van der Waals surface area contributed by atoms with Crippen molar-refractivity contribution in [2.24, 2.45) is 0 Å². The van der Waals surface area contributed by atoms with E-state index < -0.39 is 16.0 Å². The van der Waals surface area contributed by atoms with E-state index in [1.54, 1.807) is 6.92 Å². The van der Waals surface area contributed by atoms with Gasteiger partial charge in [0.1, 0.15) is 5.76 Å². The van der Waals surface area contributed by atoms with Gasteiger partial charge in [0.25, 0.3) is 0 Å². The Morgan fingerprint density at radius 2 is 2.28 bits per heavy atom. The van der Waals surface area contributed by atoms with E-state index in [0.717, 1.165) is 0 Å². The fourth-order valence-electron chi connectivity index (χ4n) is 1.24. The standard InChI is InChI=1S/C10H16N2O5S/c1-8-6-11-9(17-8)7-12-18(14,15)5-3-4-10(13)16-2/h6,12H,3-5,7H2,1-2H3. The molecule has 1 rings (SSSR count). The average Bonchev–Trinajstić information content (AvgIpc) is 2.72. The van der Waals surface area contributed by atoms with Crippen molar-refractivity contribution in [3.8, 4) is 0 Å². The number of esters is 1. The highest BCUT2D eigenvalue weighted by atomic mass is 32.2. The summed E-state index contributed by atoms with van der Waals surface area (Å²) in [7, 11) is -2.17. The third-order valence-corrected chi connectivity index (χ3v) is 3.54. The van der Waals surface area contributed by atoms with Gasteiger partial charge in [-0.3, -0.25) is 4.79 Å². The molecule has 18 heavy (non-hydrogen) atoms. The lowest BCUT2D eigenvalue weighted by molar-refractivity contribution is -0.140. The SMILES string of the molecule is COC(=O)CCCS(=O)(=O)NCc1ncc(C)o1. The summed E-state index contributed by atoms with van der Waals surface area (Å²) in [5.41, 5.74) is 0. The van der Waals surface area contributed by atoms with Crippen molar-refractivity contribution in [1.82, 2.24) is 9.71 Å². The minimum absolute atomic E-state index is 0.00833. The summed E-state index contributed by atoms with van der Waals surface area (Å²) in [6, 6.07) is 0. The Morgan fingerprint density at radius 3 is 2.83 bits per heavy atom. The van der Waals surface area contributed by atoms with Crippen LogP contribution < -0.4 is 4.72 Å². The Morgan fingerprint density at radius 1 is 1.56 bits per heavy atom. The number of ether oxygens (including phenoxy) is 1. The molecule has 1 heterocycles. The van der Waals surface area contributed by atoms with E-state index in [4.69, 9.17) is 4.42 Å². The highest BCUT2D eigenvalue weighted by molar-refractivity contribution is 7.89. The molecular formula is C10H16N2O5S. The Hall–Kier alpha value is -1.41. The molecule has 0 fully saturated rings. The van der Waals surface area contributed by atoms with Crippen LogP contribution in [0.4, 0.5) is 0 Å². The van der Waals surface area contributed by atoms with Crippen LogP contribution >= 0.6 is 0 Å². The monoisotopic (exact) mass is 276 g/mol. The molecule has 1 N–H and O–H groups in total. The largest absolute Gasteiger partial charge is 0.469 e. The lowest BCUT2D eigenvalue weighted by Crippen LogP contribution is -2.26. The predicted octanol–water partition coefficient (Wildman–Crippen LogP) is 0.356. The van der Waals surface area contributed by atoms with Crippen LogP contribution in [0.25, 0.3) is 0 Å². The molecule has 0 saturated heterocycles. The van der Waals surface area contributed by atoms with Crippen molar-refractivity contribution in [2.75, 3.05) is 12.9 Å². The normalized spacial score (nSPS) is 11.4. The molecule has 0 bridgehead atoms. The maximum atomic E-state index is 11.5. The van der Waals surface area contributed by atoms with Gasteiger partial charge in [0, 0.05) is 6.42 Å². The maximum Gasteiger partial charge on any atom is 0.305 e. The number of sulfonamides is 1. The summed E-state index contributed by atoms with van der Waals surface area (Å²) < 4.78 is 35.0. The Bertz CT molecular complexity index is 494. The van der Waals surface area contributed by atoms with Crippen molar-refractivity contribution in [2.45, 2.75) is 26.3 Å². The van der Waals surface area contributed by atoms with Gasteiger partial charge in [0.15, 0.2) is 0 Å². The third kappa shape index (κ3) is 5.28. The van der Waals surface area contributed by atoms with Crippen LogP contribution in [0.15, 0.2) is 10.6 Å². The molecule has 0 aliphatic heterocycles. The lowest BCUT2D eigenvalue weighted by Gasteiger charge is -2.04. The average molecular weight is 276 g/mol. The summed E-state index contributed by atoms with van der Waals surface area (Å²) in [6.07, 6.45) is 1.81. The van der Waals surface area contributed by atoms with Gasteiger partial charge in [-0.25, -0.2) is 18.1 Å². The molecule has 0 aliphatic rings. The quantitative estimate of drug-likeness (QED) is 0.722. The summed E-state index contributed by atoms with van der Waals surface area (Å²) in [6.45, 7) is 1.73. The second-order valence-electron chi connectivity index (χ2n) is 3.68. The van der Waals surface area contributed by atoms with Crippen LogP contribution in [0, 0.1) is 6.92 Å². The zero-order valence-electron chi connectivity index (χ0n) is 10.3. The van der Waals surface area contributed by atoms with Crippen molar-refractivity contribution >= 4 is 16.0 Å². The minimum atomic E-state index is -3.43. The van der Waals surface area contributed by atoms with Gasteiger partial charge in [0.2, 0.25) is 15.9 Å². The molecule has 0 unspecified atom stereocenters. The van der Waals surface area contributed by atoms with E-state index in [0.29, 0.717) is 11.7 Å². The lowest BCUT2D eigenvalue weighted by atomic mass is 10.3. The van der Waals surface area contributed by atoms with Gasteiger partial charge in [0.05, 0.1) is 25.6 Å². The maximum absolute atomic E-state index is 11.5. The molecular weight excluding hydrogens is 260 g/mol. The van der Waals surface area contributed by atoms with Gasteiger partial charge in [-0.05, 0) is 13.3 Å². The smallest absolute Gasteiger partial charge is 0.305 e. The number of aryl methyl sites for hydroxylation is 1. The number of carbonyl (C=O) groups is 1. The van der Waals surface area contributed by atoms with E-state index in [1.807, 2.05) is 0 Å². The van der Waals surface area contributed by atoms with Crippen LogP contribution in [0.2, 0.25) is 0 Å². The number of nitrogens with zero attached hydrogens (tertiary/aromatic N) is 1. The van der Waals surface area contributed by atoms with Crippen LogP contribution in [0.5, 0.6) is 0 Å². The number of aromatic nitrogens is 1. The Balaban J connectivity index is 2.33. The topological polar surface area (TPSA) is 98.5 Å². The van der Waals surface area contributed by atoms with Crippen LogP contribution in [0.3, 0.4) is 0 Å². The van der Waals surface area contributed by atoms with Gasteiger partial charge in [-0.15, -0.1) is 0 Å². The second kappa shape index (κ2) is 6.50. The fraction of sp³-hybridized carbons (Fsp3) is 0.600. The summed E-state index contributed by atoms with van der Waals surface area (Å²) in [5.74, 6) is 0.370. The molecule has 0 spiro atoms. The van der Waals surface area contributed by atoms with Gasteiger partial charge >= 0.3 is 5.97 Å². The number of carbonyl (C=O) groups excluding carboxylic acids is 1. The molecule has 0 radical (unpaired) electrons. The molecule has 0 aliphatic carbocycles. The van der Waals surface area contributed by atoms with Crippen molar-refractivity contribution in [1.29, 1.82) is 0 Å². The number of methoxy groups -OCH3 is 1. The Labute approximate surface area is 106 Å². The first-order valence-electron chi connectivity index (χ1n) is 5.38. The first-order valence-corrected chi connectivity index (χ1v) is 7.03. The molecule has 1 aromatic heterocycles. The first kappa shape index (κ1) is 14.7. The number of hydrogen-bond acceptors (Lipinski definition) is 6. The van der Waals surface area contributed by atoms with E-state index in [2.05, 4.69) is 14.4 Å². The predicted molar refractivity (Wildman–Crippen MR) is 63.1 cm³/mol. The fourth-order valence-corrected chi connectivity index (χ4v) is 2.25. The second-order valence-corrected chi connectivity index (χ2v) is 5.61. The molecule has 1 aromatic rings. The molecule has 7 nitrogen and oxygen atoms in total. The number of nitrogens with one attached hydrogen (secondary N) is 1. The molecule has 102 valence electrons. The van der Waals surface area contributed by atoms with Gasteiger partial charge < -0.3 is 9.15 Å². The third-order valence-electron chi connectivity index (χ3n) is 2.13. The number of rotatable bonds is 7. The summed E-state index contributed by atoms with van der Waals surface area (Å²) in [5, 5.41) is 0. The molecule has 0 amide bonds. The van der Waals surface area contributed by atoms with Gasteiger partial charge in [-0.2, -0.15) is 0 Å². The highest BCUT2D eigenvalue weighted by Crippen LogP contribution is 2.02. The van der Waals surface area contributed by atoms with Gasteiger partial charge in [-0.1, -0.05) is 0 Å². The highest BCUT2D eigenvalue weighted by Gasteiger charge is 2.12. The number of hydrogen-bond donors (Lipinski definition) is 1.